The Labute approximate surface area is 127 Å². The van der Waals surface area contributed by atoms with Crippen LogP contribution in [0.25, 0.3) is 0 Å². The van der Waals surface area contributed by atoms with Crippen LogP contribution >= 0.6 is 0 Å². The van der Waals surface area contributed by atoms with Crippen LogP contribution in [0.3, 0.4) is 0 Å². The van der Waals surface area contributed by atoms with Crippen LogP contribution in [0.2, 0.25) is 0 Å². The molecule has 0 saturated carbocycles. The fraction of sp³-hybridized carbons (Fsp3) is 0.588. The minimum absolute atomic E-state index is 0.00124. The van der Waals surface area contributed by atoms with Gasteiger partial charge in [-0.25, -0.2) is 0 Å². The monoisotopic (exact) mass is 290 g/mol. The molecule has 0 bridgehead atoms. The van der Waals surface area contributed by atoms with Gasteiger partial charge in [0.25, 0.3) is 0 Å². The van der Waals surface area contributed by atoms with Crippen molar-refractivity contribution in [2.45, 2.75) is 46.2 Å². The van der Waals surface area contributed by atoms with Gasteiger partial charge < -0.3 is 10.4 Å². The molecule has 1 heterocycles. The molecular weight excluding hydrogens is 264 g/mol. The van der Waals surface area contributed by atoms with Crippen LogP contribution in [-0.2, 0) is 11.3 Å². The number of amides is 1. The van der Waals surface area contributed by atoms with E-state index >= 15 is 0 Å². The molecule has 1 fully saturated rings. The third-order valence-corrected chi connectivity index (χ3v) is 3.75. The zero-order valence-electron chi connectivity index (χ0n) is 13.2. The van der Waals surface area contributed by atoms with Crippen molar-refractivity contribution in [1.29, 1.82) is 0 Å². The Kier molecular flexibility index (Phi) is 4.88. The molecule has 0 aliphatic carbocycles. The van der Waals surface area contributed by atoms with E-state index in [9.17, 15) is 9.90 Å². The summed E-state index contributed by atoms with van der Waals surface area (Å²) in [5.74, 6) is 0.363. The Bertz CT molecular complexity index is 477. The topological polar surface area (TPSA) is 52.6 Å². The number of carbonyl (C=O) groups is 1. The van der Waals surface area contributed by atoms with E-state index in [0.717, 1.165) is 31.5 Å². The van der Waals surface area contributed by atoms with Gasteiger partial charge in [0.15, 0.2) is 0 Å². The number of hydrogen-bond acceptors (Lipinski definition) is 3. The molecule has 1 saturated heterocycles. The van der Waals surface area contributed by atoms with Gasteiger partial charge in [0.05, 0.1) is 6.04 Å². The van der Waals surface area contributed by atoms with Crippen LogP contribution in [0, 0.1) is 5.41 Å². The van der Waals surface area contributed by atoms with Gasteiger partial charge in [-0.1, -0.05) is 32.9 Å². The molecule has 0 aromatic heterocycles. The Balaban J connectivity index is 1.88. The molecule has 1 aliphatic heterocycles. The molecule has 1 aromatic carbocycles. The molecule has 4 nitrogen and oxygen atoms in total. The van der Waals surface area contributed by atoms with E-state index in [1.165, 1.54) is 0 Å². The minimum Gasteiger partial charge on any atom is -0.508 e. The van der Waals surface area contributed by atoms with Gasteiger partial charge in [-0.2, -0.15) is 0 Å². The number of likely N-dealkylation sites (tertiary alicyclic amines) is 1. The Morgan fingerprint density at radius 2 is 2.00 bits per heavy atom. The van der Waals surface area contributed by atoms with Gasteiger partial charge in [-0.05, 0) is 42.5 Å². The Morgan fingerprint density at radius 1 is 1.33 bits per heavy atom. The van der Waals surface area contributed by atoms with Crippen molar-refractivity contribution in [1.82, 2.24) is 10.2 Å². The van der Waals surface area contributed by atoms with E-state index in [1.807, 2.05) is 12.1 Å². The third kappa shape index (κ3) is 4.74. The number of hydrogen-bond donors (Lipinski definition) is 2. The second-order valence-corrected chi connectivity index (χ2v) is 7.07. The average molecular weight is 290 g/mol. The highest BCUT2D eigenvalue weighted by Crippen LogP contribution is 2.24. The van der Waals surface area contributed by atoms with Crippen LogP contribution in [0.5, 0.6) is 5.75 Å². The number of nitrogens with zero attached hydrogens (tertiary/aromatic N) is 1. The van der Waals surface area contributed by atoms with E-state index in [4.69, 9.17) is 0 Å². The lowest BCUT2D eigenvalue weighted by atomic mass is 9.95. The molecule has 21 heavy (non-hydrogen) atoms. The highest BCUT2D eigenvalue weighted by molar-refractivity contribution is 5.82. The summed E-state index contributed by atoms with van der Waals surface area (Å²) in [6.45, 7) is 9.09. The van der Waals surface area contributed by atoms with E-state index in [1.54, 1.807) is 12.1 Å². The third-order valence-electron chi connectivity index (χ3n) is 3.75. The lowest BCUT2D eigenvalue weighted by Crippen LogP contribution is -2.45. The van der Waals surface area contributed by atoms with Crippen molar-refractivity contribution in [2.75, 3.05) is 13.1 Å². The number of carbonyl (C=O) groups excluding carboxylic acids is 1. The van der Waals surface area contributed by atoms with E-state index in [0.29, 0.717) is 6.54 Å². The van der Waals surface area contributed by atoms with Gasteiger partial charge in [-0.3, -0.25) is 9.69 Å². The summed E-state index contributed by atoms with van der Waals surface area (Å²) < 4.78 is 0. The minimum atomic E-state index is 0.00124. The first-order valence-electron chi connectivity index (χ1n) is 7.65. The van der Waals surface area contributed by atoms with Crippen LogP contribution in [0.1, 0.15) is 39.2 Å². The molecule has 1 atom stereocenters. The molecule has 1 aromatic rings. The van der Waals surface area contributed by atoms with E-state index in [-0.39, 0.29) is 23.1 Å². The van der Waals surface area contributed by atoms with Crippen molar-refractivity contribution in [3.05, 3.63) is 29.8 Å². The first kappa shape index (κ1) is 15.8. The first-order valence-corrected chi connectivity index (χ1v) is 7.65. The van der Waals surface area contributed by atoms with E-state index < -0.39 is 0 Å². The molecule has 2 rings (SSSR count). The number of rotatable bonds is 4. The zero-order chi connectivity index (χ0) is 15.5. The van der Waals surface area contributed by atoms with Crippen molar-refractivity contribution in [3.63, 3.8) is 0 Å². The normalized spacial score (nSPS) is 19.7. The summed E-state index contributed by atoms with van der Waals surface area (Å²) in [7, 11) is 0. The van der Waals surface area contributed by atoms with Crippen LogP contribution in [0.4, 0.5) is 0 Å². The van der Waals surface area contributed by atoms with Crippen molar-refractivity contribution in [2.24, 2.45) is 5.41 Å². The molecule has 2 N–H and O–H groups in total. The maximum atomic E-state index is 12.4. The largest absolute Gasteiger partial charge is 0.508 e. The predicted octanol–water partition coefficient (Wildman–Crippen LogP) is 2.52. The number of aromatic hydroxyl groups is 1. The molecule has 1 unspecified atom stereocenters. The standard InChI is InChI=1S/C17H26N2O2/c1-17(2,3)12-19-10-4-5-15(19)16(21)18-11-13-6-8-14(20)9-7-13/h6-9,15,20H,4-5,10-12H2,1-3H3,(H,18,21). The highest BCUT2D eigenvalue weighted by atomic mass is 16.3. The number of nitrogens with one attached hydrogen (secondary N) is 1. The van der Waals surface area contributed by atoms with Crippen LogP contribution < -0.4 is 5.32 Å². The van der Waals surface area contributed by atoms with Gasteiger partial charge in [0.1, 0.15) is 5.75 Å². The molecule has 0 spiro atoms. The zero-order valence-corrected chi connectivity index (χ0v) is 13.2. The quantitative estimate of drug-likeness (QED) is 0.896. The summed E-state index contributed by atoms with van der Waals surface area (Å²) in [5.41, 5.74) is 1.21. The van der Waals surface area contributed by atoms with Crippen molar-refractivity contribution >= 4 is 5.91 Å². The van der Waals surface area contributed by atoms with Gasteiger partial charge in [-0.15, -0.1) is 0 Å². The Hall–Kier alpha value is -1.55. The summed E-state index contributed by atoms with van der Waals surface area (Å²) in [6.07, 6.45) is 2.03. The average Bonchev–Trinajstić information content (AvgIpc) is 2.83. The maximum Gasteiger partial charge on any atom is 0.237 e. The van der Waals surface area contributed by atoms with Gasteiger partial charge >= 0.3 is 0 Å². The fourth-order valence-electron chi connectivity index (χ4n) is 2.84. The molecule has 1 amide bonds. The smallest absolute Gasteiger partial charge is 0.237 e. The number of phenols is 1. The van der Waals surface area contributed by atoms with Gasteiger partial charge in [0, 0.05) is 13.1 Å². The highest BCUT2D eigenvalue weighted by Gasteiger charge is 2.32. The SMILES string of the molecule is CC(C)(C)CN1CCCC1C(=O)NCc1ccc(O)cc1. The number of benzene rings is 1. The Morgan fingerprint density at radius 3 is 2.62 bits per heavy atom. The fourth-order valence-corrected chi connectivity index (χ4v) is 2.84. The molecule has 1 aliphatic rings. The second-order valence-electron chi connectivity index (χ2n) is 7.07. The molecule has 0 radical (unpaired) electrons. The van der Waals surface area contributed by atoms with Gasteiger partial charge in [0.2, 0.25) is 5.91 Å². The first-order chi connectivity index (χ1) is 9.85. The molecule has 116 valence electrons. The van der Waals surface area contributed by atoms with Crippen LogP contribution in [-0.4, -0.2) is 35.0 Å². The summed E-state index contributed by atoms with van der Waals surface area (Å²) in [6, 6.07) is 6.95. The van der Waals surface area contributed by atoms with Crippen molar-refractivity contribution < 1.29 is 9.90 Å². The summed E-state index contributed by atoms with van der Waals surface area (Å²) in [5, 5.41) is 12.3. The molecule has 4 heteroatoms. The maximum absolute atomic E-state index is 12.4. The van der Waals surface area contributed by atoms with Crippen LogP contribution in [0.15, 0.2) is 24.3 Å². The lowest BCUT2D eigenvalue weighted by Gasteiger charge is -2.30. The predicted molar refractivity (Wildman–Crippen MR) is 84.0 cm³/mol. The van der Waals surface area contributed by atoms with E-state index in [2.05, 4.69) is 31.0 Å². The lowest BCUT2D eigenvalue weighted by molar-refractivity contribution is -0.126. The summed E-state index contributed by atoms with van der Waals surface area (Å²) >= 11 is 0. The summed E-state index contributed by atoms with van der Waals surface area (Å²) in [4.78, 5) is 14.7. The molecular formula is C17H26N2O2. The number of phenolic OH excluding ortho intramolecular Hbond substituents is 1. The second kappa shape index (κ2) is 6.48. The van der Waals surface area contributed by atoms with Crippen molar-refractivity contribution in [3.8, 4) is 5.75 Å².